The molecule has 4 saturated heterocycles. The summed E-state index contributed by atoms with van der Waals surface area (Å²) in [5.41, 5.74) is 14.4. The first-order chi connectivity index (χ1) is 33.3. The standard InChI is InChI=1S/C26H27N5O.C23H21FN4O.C3H7N.CH2O3.Cs/c1-16-11-24(30-9-4-10-30)23(25-17(2)18(3)28-29-25)12-22(16)26(32)31-14-21(15-31)20-7-5-19(13-27)6-8-20;1-13-8-21(24)20(22-14(2)15(3)26-27-22)9-19(13)23(29)28-11-18(12-28)17-6-4-16(10-25)5-7-17;1-2-4-3-1;2-1-4-3;/h5-8,11-12,21H,4,9-10,14-15H2,1-3H3,(H,28,29);4-9,18H,11-12H2,1-3H3,(H,26,27);4H,1-3H2;1,3H;/q;;;;+1/p-1. The Kier molecular flexibility index (Phi) is 18.8. The summed E-state index contributed by atoms with van der Waals surface area (Å²) >= 11 is 0. The Hall–Kier alpha value is -5.61. The van der Waals surface area contributed by atoms with E-state index < -0.39 is 0 Å². The van der Waals surface area contributed by atoms with Gasteiger partial charge in [0.25, 0.3) is 18.3 Å². The van der Waals surface area contributed by atoms with Gasteiger partial charge in [-0.2, -0.15) is 20.7 Å². The number of amides is 2. The molecule has 6 aromatic rings. The third-order valence-electron chi connectivity index (χ3n) is 13.4. The average molecular weight is 1060 g/mol. The van der Waals surface area contributed by atoms with Gasteiger partial charge in [-0.3, -0.25) is 24.6 Å². The molecule has 2 amide bonds. The van der Waals surface area contributed by atoms with E-state index in [1.54, 1.807) is 30.0 Å². The van der Waals surface area contributed by atoms with Gasteiger partial charge in [-0.25, -0.2) is 4.39 Å². The number of carbonyl (C=O) groups is 3. The first-order valence-electron chi connectivity index (χ1n) is 23.0. The normalized spacial score (nSPS) is 14.6. The van der Waals surface area contributed by atoms with Crippen molar-refractivity contribution in [3.63, 3.8) is 0 Å². The molecule has 4 aromatic carbocycles. The predicted octanol–water partition coefficient (Wildman–Crippen LogP) is 3.99. The second kappa shape index (κ2) is 24.5. The number of carbonyl (C=O) groups excluding carboxylic acids is 3. The molecule has 4 aliphatic rings. The van der Waals surface area contributed by atoms with Crippen molar-refractivity contribution >= 4 is 24.0 Å². The van der Waals surface area contributed by atoms with Gasteiger partial charge in [-0.1, -0.05) is 24.3 Å². The zero-order valence-electron chi connectivity index (χ0n) is 40.8. The number of hydrogen-bond donors (Lipinski definition) is 3. The van der Waals surface area contributed by atoms with Gasteiger partial charge in [-0.15, -0.1) is 0 Å². The van der Waals surface area contributed by atoms with Gasteiger partial charge < -0.3 is 30.2 Å². The van der Waals surface area contributed by atoms with E-state index in [-0.39, 0.29) is 98.9 Å². The van der Waals surface area contributed by atoms with Crippen LogP contribution in [0, 0.1) is 70.0 Å². The Labute approximate surface area is 466 Å². The maximum atomic E-state index is 14.6. The maximum Gasteiger partial charge on any atom is 1.00 e. The van der Waals surface area contributed by atoms with E-state index in [0.717, 1.165) is 63.6 Å². The van der Waals surface area contributed by atoms with Crippen LogP contribution < -0.4 is 84.4 Å². The molecule has 356 valence electrons. The molecule has 2 aromatic heterocycles. The number of aromatic amines is 2. The zero-order chi connectivity index (χ0) is 49.4. The van der Waals surface area contributed by atoms with Crippen molar-refractivity contribution in [1.82, 2.24) is 35.5 Å². The fourth-order valence-corrected chi connectivity index (χ4v) is 8.40. The molecule has 0 spiro atoms. The van der Waals surface area contributed by atoms with Crippen LogP contribution in [0.4, 0.5) is 10.1 Å². The van der Waals surface area contributed by atoms with Gasteiger partial charge in [0.1, 0.15) is 5.82 Å². The number of hydrogen-bond acceptors (Lipinski definition) is 11. The van der Waals surface area contributed by atoms with Crippen molar-refractivity contribution < 1.29 is 97.8 Å². The molecule has 0 aliphatic carbocycles. The van der Waals surface area contributed by atoms with Gasteiger partial charge in [0.2, 0.25) is 0 Å². The molecule has 0 bridgehead atoms. The molecule has 3 N–H and O–H groups in total. The number of aromatic nitrogens is 4. The van der Waals surface area contributed by atoms with Crippen molar-refractivity contribution in [3.8, 4) is 34.7 Å². The molecular weight excluding hydrogens is 1010 g/mol. The molecule has 4 fully saturated rings. The molecule has 17 heteroatoms. The second-order valence-electron chi connectivity index (χ2n) is 17.9. The van der Waals surface area contributed by atoms with Crippen LogP contribution in [0.15, 0.2) is 72.8 Å². The molecule has 15 nitrogen and oxygen atoms in total. The van der Waals surface area contributed by atoms with E-state index in [2.05, 4.69) is 60.6 Å². The monoisotopic (exact) mass is 1060 g/mol. The Morgan fingerprint density at radius 1 is 0.700 bits per heavy atom. The summed E-state index contributed by atoms with van der Waals surface area (Å²) in [4.78, 5) is 43.8. The van der Waals surface area contributed by atoms with Crippen molar-refractivity contribution in [2.75, 3.05) is 57.3 Å². The van der Waals surface area contributed by atoms with E-state index in [9.17, 15) is 14.0 Å². The summed E-state index contributed by atoms with van der Waals surface area (Å²) < 4.78 is 14.6. The van der Waals surface area contributed by atoms with Crippen LogP contribution in [0.1, 0.15) is 101 Å². The number of nitrogens with zero attached hydrogens (tertiary/aromatic N) is 7. The van der Waals surface area contributed by atoms with Crippen LogP contribution in [-0.4, -0.2) is 101 Å². The minimum atomic E-state index is -0.382. The Morgan fingerprint density at radius 2 is 1.10 bits per heavy atom. The third-order valence-corrected chi connectivity index (χ3v) is 13.4. The van der Waals surface area contributed by atoms with Crippen molar-refractivity contribution in [3.05, 3.63) is 146 Å². The van der Waals surface area contributed by atoms with E-state index in [4.69, 9.17) is 20.6 Å². The Morgan fingerprint density at radius 3 is 1.44 bits per heavy atom. The summed E-state index contributed by atoms with van der Waals surface area (Å²) in [7, 11) is 0. The number of H-pyrrole nitrogens is 2. The summed E-state index contributed by atoms with van der Waals surface area (Å²) in [6, 6.07) is 26.6. The summed E-state index contributed by atoms with van der Waals surface area (Å²) in [5.74, 6) is 0.172. The molecule has 0 saturated carbocycles. The zero-order valence-corrected chi connectivity index (χ0v) is 47.1. The summed E-state index contributed by atoms with van der Waals surface area (Å²) in [6.07, 6.45) is 2.59. The second-order valence-corrected chi connectivity index (χ2v) is 17.9. The van der Waals surface area contributed by atoms with Crippen LogP contribution in [0.5, 0.6) is 0 Å². The molecule has 0 unspecified atom stereocenters. The van der Waals surface area contributed by atoms with E-state index >= 15 is 0 Å². The van der Waals surface area contributed by atoms with Gasteiger partial charge in [0.15, 0.2) is 0 Å². The predicted molar refractivity (Wildman–Crippen MR) is 257 cm³/mol. The van der Waals surface area contributed by atoms with Crippen molar-refractivity contribution in [2.45, 2.75) is 66.2 Å². The number of aryl methyl sites for hydroxylation is 4. The topological polar surface area (TPSA) is 210 Å². The van der Waals surface area contributed by atoms with Gasteiger partial charge in [0.05, 0.1) is 34.7 Å². The Balaban J connectivity index is 0.000000196. The number of halogens is 1. The van der Waals surface area contributed by atoms with Crippen molar-refractivity contribution in [2.24, 2.45) is 0 Å². The largest absolute Gasteiger partial charge is 1.00 e. The Bertz CT molecular complexity index is 2900. The number of likely N-dealkylation sites (tertiary alicyclic amines) is 2. The van der Waals surface area contributed by atoms with E-state index in [0.29, 0.717) is 65.6 Å². The van der Waals surface area contributed by atoms with E-state index in [1.807, 2.05) is 75.1 Å². The number of nitriles is 2. The number of nitrogens with one attached hydrogen (secondary N) is 3. The molecule has 70 heavy (non-hydrogen) atoms. The quantitative estimate of drug-likeness (QED) is 0.113. The fraction of sp³-hybridized carbons (Fsp3) is 0.340. The van der Waals surface area contributed by atoms with Gasteiger partial charge in [-0.05, 0) is 149 Å². The molecule has 6 heterocycles. The number of anilines is 1. The van der Waals surface area contributed by atoms with Crippen LogP contribution >= 0.6 is 0 Å². The fourth-order valence-electron chi connectivity index (χ4n) is 8.40. The van der Waals surface area contributed by atoms with Crippen LogP contribution in [-0.2, 0) is 9.68 Å². The third kappa shape index (κ3) is 12.1. The van der Waals surface area contributed by atoms with E-state index in [1.165, 1.54) is 43.2 Å². The van der Waals surface area contributed by atoms with Gasteiger partial charge in [0, 0.05) is 90.4 Å². The molecule has 0 atom stereocenters. The molecule has 0 radical (unpaired) electrons. The number of benzene rings is 4. The number of rotatable bonds is 8. The average Bonchev–Trinajstić information content (AvgIpc) is 3.79. The smallest absolute Gasteiger partial charge is 0.662 e. The molecular formula is C53H56CsFN10O5. The summed E-state index contributed by atoms with van der Waals surface area (Å²) in [6.45, 7) is 18.7. The minimum Gasteiger partial charge on any atom is -0.662 e. The minimum absolute atomic E-state index is 0. The maximum absolute atomic E-state index is 14.6. The molecule has 4 aliphatic heterocycles. The van der Waals surface area contributed by atoms with Crippen LogP contribution in [0.2, 0.25) is 0 Å². The van der Waals surface area contributed by atoms with Crippen LogP contribution in [0.3, 0.4) is 0 Å². The molecule has 10 rings (SSSR count). The summed E-state index contributed by atoms with van der Waals surface area (Å²) in [5, 5.41) is 44.2. The van der Waals surface area contributed by atoms with Crippen molar-refractivity contribution in [1.29, 1.82) is 10.5 Å². The SMILES string of the molecule is C1CNC1.Cc1cc(F)c(-c2n[nH]c(C)c2C)cc1C(=O)N1CC(c2ccc(C#N)cc2)C1.Cc1cc(N2CCC2)c(-c2n[nH]c(C)c2C)cc1C(=O)N1CC(c2ccc(C#N)cc2)C1.O=CO[O-].[Cs+]. The van der Waals surface area contributed by atoms with Crippen LogP contribution in [0.25, 0.3) is 22.5 Å². The van der Waals surface area contributed by atoms with Gasteiger partial charge >= 0.3 is 68.9 Å². The first kappa shape index (κ1) is 53.7. The first-order valence-corrected chi connectivity index (χ1v) is 23.0.